The summed E-state index contributed by atoms with van der Waals surface area (Å²) in [6.07, 6.45) is 1.85. The maximum absolute atomic E-state index is 11.0. The van der Waals surface area contributed by atoms with E-state index in [1.165, 1.54) is 10.6 Å². The van der Waals surface area contributed by atoms with E-state index in [4.69, 9.17) is 0 Å². The van der Waals surface area contributed by atoms with Gasteiger partial charge in [0, 0.05) is 31.8 Å². The maximum Gasteiger partial charge on any atom is 0.219 e. The number of rotatable bonds is 4. The van der Waals surface area contributed by atoms with E-state index in [-0.39, 0.29) is 5.91 Å². The molecule has 0 radical (unpaired) electrons. The lowest BCUT2D eigenvalue weighted by Crippen LogP contribution is -2.26. The van der Waals surface area contributed by atoms with E-state index < -0.39 is 0 Å². The quantitative estimate of drug-likeness (QED) is 0.787. The van der Waals surface area contributed by atoms with Crippen molar-refractivity contribution in [1.82, 2.24) is 9.88 Å². The number of hydrogen-bond acceptors (Lipinski definition) is 3. The van der Waals surface area contributed by atoms with Gasteiger partial charge in [-0.05, 0) is 13.3 Å². The van der Waals surface area contributed by atoms with Crippen molar-refractivity contribution in [2.75, 3.05) is 13.6 Å². The van der Waals surface area contributed by atoms with E-state index in [1.807, 2.05) is 7.05 Å². The van der Waals surface area contributed by atoms with Crippen LogP contribution in [0.2, 0.25) is 0 Å². The van der Waals surface area contributed by atoms with Gasteiger partial charge < -0.3 is 4.90 Å². The molecule has 1 amide bonds. The Morgan fingerprint density at radius 3 is 2.67 bits per heavy atom. The topological polar surface area (TPSA) is 33.2 Å². The fourth-order valence-corrected chi connectivity index (χ4v) is 2.35. The molecule has 0 unspecified atom stereocenters. The summed E-state index contributed by atoms with van der Waals surface area (Å²) in [5.74, 6) is 0.110. The van der Waals surface area contributed by atoms with Crippen LogP contribution in [0.15, 0.2) is 0 Å². The number of aryl methyl sites for hydroxylation is 2. The van der Waals surface area contributed by atoms with Crippen molar-refractivity contribution in [2.45, 2.75) is 33.6 Å². The van der Waals surface area contributed by atoms with Crippen LogP contribution in [0, 0.1) is 6.92 Å². The van der Waals surface area contributed by atoms with Crippen molar-refractivity contribution in [3.63, 3.8) is 0 Å². The molecule has 0 aliphatic carbocycles. The van der Waals surface area contributed by atoms with Crippen LogP contribution in [-0.2, 0) is 17.6 Å². The average molecular weight is 226 g/mol. The Kier molecular flexibility index (Phi) is 4.27. The molecule has 0 N–H and O–H groups in total. The van der Waals surface area contributed by atoms with Crippen molar-refractivity contribution < 1.29 is 4.79 Å². The minimum absolute atomic E-state index is 0.110. The van der Waals surface area contributed by atoms with Crippen molar-refractivity contribution in [1.29, 1.82) is 0 Å². The van der Waals surface area contributed by atoms with E-state index in [1.54, 1.807) is 23.2 Å². The normalized spacial score (nSPS) is 10.4. The summed E-state index contributed by atoms with van der Waals surface area (Å²) < 4.78 is 0. The Morgan fingerprint density at radius 2 is 2.20 bits per heavy atom. The first-order valence-corrected chi connectivity index (χ1v) is 6.03. The fourth-order valence-electron chi connectivity index (χ4n) is 1.34. The van der Waals surface area contributed by atoms with Gasteiger partial charge in [-0.2, -0.15) is 0 Å². The van der Waals surface area contributed by atoms with Crippen LogP contribution in [0.25, 0.3) is 0 Å². The zero-order valence-electron chi connectivity index (χ0n) is 9.83. The highest BCUT2D eigenvalue weighted by Gasteiger charge is 2.07. The van der Waals surface area contributed by atoms with Gasteiger partial charge in [-0.15, -0.1) is 11.3 Å². The lowest BCUT2D eigenvalue weighted by atomic mass is 10.3. The van der Waals surface area contributed by atoms with Crippen molar-refractivity contribution in [3.8, 4) is 0 Å². The molecule has 84 valence electrons. The fraction of sp³-hybridized carbons (Fsp3) is 0.636. The summed E-state index contributed by atoms with van der Waals surface area (Å²) >= 11 is 1.74. The van der Waals surface area contributed by atoms with E-state index in [0.29, 0.717) is 0 Å². The van der Waals surface area contributed by atoms with Crippen LogP contribution in [0.1, 0.15) is 29.4 Å². The zero-order valence-corrected chi connectivity index (χ0v) is 10.6. The molecule has 15 heavy (non-hydrogen) atoms. The molecule has 0 fully saturated rings. The number of aromatic nitrogens is 1. The van der Waals surface area contributed by atoms with Crippen LogP contribution in [0.3, 0.4) is 0 Å². The van der Waals surface area contributed by atoms with Gasteiger partial charge in [0.05, 0.1) is 10.7 Å². The van der Waals surface area contributed by atoms with Gasteiger partial charge in [0.25, 0.3) is 0 Å². The van der Waals surface area contributed by atoms with E-state index >= 15 is 0 Å². The van der Waals surface area contributed by atoms with E-state index in [2.05, 4.69) is 18.8 Å². The summed E-state index contributed by atoms with van der Waals surface area (Å²) in [6, 6.07) is 0. The Bertz CT molecular complexity index is 346. The number of thiazole rings is 1. The number of hydrogen-bond donors (Lipinski definition) is 0. The molecule has 0 saturated carbocycles. The van der Waals surface area contributed by atoms with Gasteiger partial charge in [0.2, 0.25) is 5.91 Å². The number of likely N-dealkylation sites (N-methyl/N-ethyl adjacent to an activating group) is 1. The molecule has 1 aromatic rings. The molecule has 4 heteroatoms. The molecule has 1 rings (SSSR count). The molecule has 0 aliphatic rings. The number of amides is 1. The summed E-state index contributed by atoms with van der Waals surface area (Å²) in [7, 11) is 1.82. The first-order chi connectivity index (χ1) is 7.04. The maximum atomic E-state index is 11.0. The van der Waals surface area contributed by atoms with Crippen LogP contribution >= 0.6 is 11.3 Å². The second-order valence-electron chi connectivity index (χ2n) is 3.65. The van der Waals surface area contributed by atoms with E-state index in [9.17, 15) is 4.79 Å². The zero-order chi connectivity index (χ0) is 11.4. The molecule has 0 spiro atoms. The highest BCUT2D eigenvalue weighted by Crippen LogP contribution is 2.18. The minimum Gasteiger partial charge on any atom is -0.346 e. The molecule has 0 bridgehead atoms. The molecule has 0 atom stereocenters. The molecule has 1 heterocycles. The lowest BCUT2D eigenvalue weighted by molar-refractivity contribution is -0.127. The average Bonchev–Trinajstić information content (AvgIpc) is 2.55. The largest absolute Gasteiger partial charge is 0.346 e. The monoisotopic (exact) mass is 226 g/mol. The van der Waals surface area contributed by atoms with Crippen molar-refractivity contribution in [2.24, 2.45) is 0 Å². The van der Waals surface area contributed by atoms with Crippen molar-refractivity contribution >= 4 is 17.2 Å². The molecule has 0 aliphatic heterocycles. The van der Waals surface area contributed by atoms with Crippen LogP contribution in [-0.4, -0.2) is 29.4 Å². The summed E-state index contributed by atoms with van der Waals surface area (Å²) in [4.78, 5) is 18.6. The standard InChI is InChI=1S/C11H18N2OS/c1-5-10-8(2)15-11(12-10)6-7-13(4)9(3)14/h5-7H2,1-4H3. The molecular formula is C11H18N2OS. The smallest absolute Gasteiger partial charge is 0.219 e. The molecule has 3 nitrogen and oxygen atoms in total. The lowest BCUT2D eigenvalue weighted by Gasteiger charge is -2.12. The number of carbonyl (C=O) groups excluding carboxylic acids is 1. The highest BCUT2D eigenvalue weighted by atomic mass is 32.1. The molecule has 0 aromatic carbocycles. The second kappa shape index (κ2) is 5.26. The van der Waals surface area contributed by atoms with Crippen molar-refractivity contribution in [3.05, 3.63) is 15.6 Å². The third kappa shape index (κ3) is 3.30. The molecular weight excluding hydrogens is 208 g/mol. The molecule has 1 aromatic heterocycles. The summed E-state index contributed by atoms with van der Waals surface area (Å²) in [5, 5.41) is 1.14. The first-order valence-electron chi connectivity index (χ1n) is 5.21. The third-order valence-corrected chi connectivity index (χ3v) is 3.54. The van der Waals surface area contributed by atoms with Crippen LogP contribution in [0.4, 0.5) is 0 Å². The Morgan fingerprint density at radius 1 is 1.53 bits per heavy atom. The van der Waals surface area contributed by atoms with Gasteiger partial charge in [-0.1, -0.05) is 6.92 Å². The third-order valence-electron chi connectivity index (χ3n) is 2.47. The molecule has 0 saturated heterocycles. The summed E-state index contributed by atoms with van der Waals surface area (Å²) in [6.45, 7) is 6.57. The Balaban J connectivity index is 2.54. The Labute approximate surface area is 95.1 Å². The SMILES string of the molecule is CCc1nc(CCN(C)C(C)=O)sc1C. The highest BCUT2D eigenvalue weighted by molar-refractivity contribution is 7.11. The van der Waals surface area contributed by atoms with Gasteiger partial charge in [-0.3, -0.25) is 4.79 Å². The van der Waals surface area contributed by atoms with E-state index in [0.717, 1.165) is 24.4 Å². The Hall–Kier alpha value is -0.900. The number of nitrogens with zero attached hydrogens (tertiary/aromatic N) is 2. The first kappa shape index (κ1) is 12.2. The van der Waals surface area contributed by atoms with Crippen LogP contribution < -0.4 is 0 Å². The van der Waals surface area contributed by atoms with Gasteiger partial charge in [0.1, 0.15) is 0 Å². The van der Waals surface area contributed by atoms with Crippen LogP contribution in [0.5, 0.6) is 0 Å². The predicted molar refractivity (Wildman–Crippen MR) is 63.2 cm³/mol. The second-order valence-corrected chi connectivity index (χ2v) is 4.94. The van der Waals surface area contributed by atoms with Gasteiger partial charge in [0.15, 0.2) is 0 Å². The predicted octanol–water partition coefficient (Wildman–Crippen LogP) is 2.03. The van der Waals surface area contributed by atoms with Gasteiger partial charge >= 0.3 is 0 Å². The summed E-state index contributed by atoms with van der Waals surface area (Å²) in [5.41, 5.74) is 1.19. The minimum atomic E-state index is 0.110. The number of carbonyl (C=O) groups is 1. The van der Waals surface area contributed by atoms with Gasteiger partial charge in [-0.25, -0.2) is 4.98 Å².